The highest BCUT2D eigenvalue weighted by atomic mass is 16.5. The van der Waals surface area contributed by atoms with Crippen molar-refractivity contribution in [3.63, 3.8) is 0 Å². The number of aliphatic hydroxyl groups is 3. The molecular formula is C30H37N3O9. The van der Waals surface area contributed by atoms with Crippen LogP contribution in [0.2, 0.25) is 0 Å². The Hall–Kier alpha value is -4.16. The zero-order valence-corrected chi connectivity index (χ0v) is 24.3. The number of phenols is 1. The minimum Gasteiger partial charge on any atom is -0.510 e. The summed E-state index contributed by atoms with van der Waals surface area (Å²) >= 11 is 0. The third-order valence-corrected chi connectivity index (χ3v) is 8.35. The lowest BCUT2D eigenvalue weighted by Crippen LogP contribution is -2.63. The van der Waals surface area contributed by atoms with Gasteiger partial charge in [-0.25, -0.2) is 4.79 Å². The molecule has 4 rings (SSSR count). The number of ether oxygens (including phenoxy) is 1. The largest absolute Gasteiger partial charge is 0.510 e. The molecule has 1 aromatic rings. The predicted molar refractivity (Wildman–Crippen MR) is 153 cm³/mol. The van der Waals surface area contributed by atoms with Crippen molar-refractivity contribution in [2.24, 2.45) is 17.6 Å². The van der Waals surface area contributed by atoms with Crippen LogP contribution >= 0.6 is 0 Å². The van der Waals surface area contributed by atoms with Crippen LogP contribution in [-0.4, -0.2) is 95.2 Å². The molecule has 1 aromatic carbocycles. The number of unbranched alkanes of at least 4 members (excludes halogenated alkanes) is 1. The maximum absolute atomic E-state index is 14.0. The molecule has 0 heterocycles. The topological polar surface area (TPSA) is 191 Å². The number of benzene rings is 1. The molecule has 1 amide bonds. The SMILES string of the molecule is CCCCOC(=O)/C=C/c1cc(N(C)C)c2c(c1O)C(=O)C1=C(O)[C@]3(O)C(=O)C(C(N)=O)=C(O)[C@@H](N(C)C)[C@@H]3C[C@@H]1C2. The Kier molecular flexibility index (Phi) is 8.25. The maximum Gasteiger partial charge on any atom is 0.330 e. The monoisotopic (exact) mass is 583 g/mol. The predicted octanol–water partition coefficient (Wildman–Crippen LogP) is 1.54. The van der Waals surface area contributed by atoms with E-state index in [1.165, 1.54) is 11.0 Å². The van der Waals surface area contributed by atoms with Gasteiger partial charge in [0.2, 0.25) is 5.78 Å². The van der Waals surface area contributed by atoms with Gasteiger partial charge in [0.15, 0.2) is 11.4 Å². The first-order valence-electron chi connectivity index (χ1n) is 13.7. The van der Waals surface area contributed by atoms with Crippen LogP contribution in [0, 0.1) is 11.8 Å². The second-order valence-electron chi connectivity index (χ2n) is 11.4. The van der Waals surface area contributed by atoms with E-state index in [9.17, 15) is 39.6 Å². The molecule has 3 aliphatic carbocycles. The molecule has 42 heavy (non-hydrogen) atoms. The highest BCUT2D eigenvalue weighted by molar-refractivity contribution is 6.25. The number of aliphatic hydroxyl groups excluding tert-OH is 2. The summed E-state index contributed by atoms with van der Waals surface area (Å²) in [7, 11) is 6.65. The van der Waals surface area contributed by atoms with Crippen molar-refractivity contribution in [3.8, 4) is 5.75 Å². The molecule has 0 radical (unpaired) electrons. The molecule has 226 valence electrons. The quantitative estimate of drug-likeness (QED) is 0.129. The minimum absolute atomic E-state index is 0.00928. The molecule has 0 saturated heterocycles. The molecule has 3 aliphatic rings. The van der Waals surface area contributed by atoms with Gasteiger partial charge in [-0.15, -0.1) is 0 Å². The van der Waals surface area contributed by atoms with Crippen molar-refractivity contribution in [1.82, 2.24) is 4.90 Å². The average Bonchev–Trinajstić information content (AvgIpc) is 2.89. The van der Waals surface area contributed by atoms with Gasteiger partial charge in [0.25, 0.3) is 5.91 Å². The normalized spacial score (nSPS) is 25.5. The van der Waals surface area contributed by atoms with E-state index < -0.39 is 69.8 Å². The van der Waals surface area contributed by atoms with Gasteiger partial charge in [-0.05, 0) is 57.0 Å². The van der Waals surface area contributed by atoms with E-state index in [-0.39, 0.29) is 36.1 Å². The molecule has 0 unspecified atom stereocenters. The highest BCUT2D eigenvalue weighted by Gasteiger charge is 2.63. The third-order valence-electron chi connectivity index (χ3n) is 8.35. The van der Waals surface area contributed by atoms with Crippen molar-refractivity contribution < 1.29 is 44.3 Å². The van der Waals surface area contributed by atoms with E-state index in [1.807, 2.05) is 6.92 Å². The molecule has 0 bridgehead atoms. The average molecular weight is 584 g/mol. The van der Waals surface area contributed by atoms with E-state index in [1.54, 1.807) is 39.2 Å². The maximum atomic E-state index is 14.0. The number of carbonyl (C=O) groups is 4. The van der Waals surface area contributed by atoms with Crippen LogP contribution in [0.15, 0.2) is 34.8 Å². The fourth-order valence-electron chi connectivity index (χ4n) is 6.37. The first-order chi connectivity index (χ1) is 19.7. The molecule has 6 N–H and O–H groups in total. The summed E-state index contributed by atoms with van der Waals surface area (Å²) in [6, 6.07) is 0.563. The number of Topliss-reactive ketones (excluding diaryl/α,β-unsaturated/α-hetero) is 2. The van der Waals surface area contributed by atoms with E-state index in [0.717, 1.165) is 12.5 Å². The van der Waals surface area contributed by atoms with E-state index in [2.05, 4.69) is 0 Å². The number of hydrogen-bond donors (Lipinski definition) is 5. The van der Waals surface area contributed by atoms with E-state index in [4.69, 9.17) is 10.5 Å². The van der Waals surface area contributed by atoms with Crippen LogP contribution in [0.5, 0.6) is 5.75 Å². The van der Waals surface area contributed by atoms with Crippen molar-refractivity contribution in [3.05, 3.63) is 51.5 Å². The standard InChI is InChI=1S/C30H37N3O9/c1-6-7-10-42-19(34)9-8-14-13-18(32(2)3)16-11-15-12-17-23(33(4)5)26(37)22(29(31)40)28(39)30(17,41)27(38)20(15)25(36)21(16)24(14)35/h8-9,13,15,17,23,35,37-38,41H,6-7,10-12H2,1-5H3,(H2,31,40)/b9-8+/t15-,17-,23-,30-/m0/s1. The second kappa shape index (κ2) is 11.3. The van der Waals surface area contributed by atoms with Crippen LogP contribution < -0.4 is 10.6 Å². The molecule has 0 aromatic heterocycles. The van der Waals surface area contributed by atoms with Gasteiger partial charge < -0.3 is 35.8 Å². The lowest BCUT2D eigenvalue weighted by molar-refractivity contribution is -0.148. The van der Waals surface area contributed by atoms with E-state index in [0.29, 0.717) is 17.7 Å². The number of anilines is 1. The Morgan fingerprint density at radius 1 is 1.17 bits per heavy atom. The third kappa shape index (κ3) is 4.74. The van der Waals surface area contributed by atoms with Gasteiger partial charge >= 0.3 is 5.97 Å². The first kappa shape index (κ1) is 30.8. The molecule has 0 fully saturated rings. The summed E-state index contributed by atoms with van der Waals surface area (Å²) in [5.74, 6) is -7.81. The smallest absolute Gasteiger partial charge is 0.330 e. The Morgan fingerprint density at radius 2 is 1.83 bits per heavy atom. The fourth-order valence-corrected chi connectivity index (χ4v) is 6.37. The zero-order chi connectivity index (χ0) is 31.3. The van der Waals surface area contributed by atoms with Gasteiger partial charge in [-0.3, -0.25) is 19.3 Å². The summed E-state index contributed by atoms with van der Waals surface area (Å²) in [6.07, 6.45) is 4.16. The van der Waals surface area contributed by atoms with Crippen molar-refractivity contribution in [2.45, 2.75) is 44.2 Å². The van der Waals surface area contributed by atoms with Crippen molar-refractivity contribution >= 4 is 35.2 Å². The number of fused-ring (bicyclic) bond motifs is 3. The molecular weight excluding hydrogens is 546 g/mol. The van der Waals surface area contributed by atoms with Crippen LogP contribution in [0.4, 0.5) is 5.69 Å². The number of rotatable bonds is 8. The van der Waals surface area contributed by atoms with Crippen LogP contribution in [0.3, 0.4) is 0 Å². The number of amides is 1. The fraction of sp³-hybridized carbons (Fsp3) is 0.467. The molecule has 12 nitrogen and oxygen atoms in total. The van der Waals surface area contributed by atoms with Crippen LogP contribution in [-0.2, 0) is 25.5 Å². The molecule has 12 heteroatoms. The number of primary amides is 1. The van der Waals surface area contributed by atoms with E-state index >= 15 is 0 Å². The number of phenolic OH excluding ortho intramolecular Hbond substituents is 1. The number of allylic oxidation sites excluding steroid dienone is 1. The Bertz CT molecular complexity index is 1460. The van der Waals surface area contributed by atoms with Gasteiger partial charge in [-0.2, -0.15) is 0 Å². The lowest BCUT2D eigenvalue weighted by Gasteiger charge is -2.50. The number of hydrogen-bond acceptors (Lipinski definition) is 11. The van der Waals surface area contributed by atoms with Crippen molar-refractivity contribution in [1.29, 1.82) is 0 Å². The number of nitrogens with two attached hydrogens (primary N) is 1. The van der Waals surface area contributed by atoms with Gasteiger partial charge in [0, 0.05) is 42.9 Å². The number of ketones is 2. The summed E-state index contributed by atoms with van der Waals surface area (Å²) < 4.78 is 5.13. The molecule has 0 spiro atoms. The summed E-state index contributed by atoms with van der Waals surface area (Å²) in [5.41, 5.74) is 2.62. The molecule has 0 saturated carbocycles. The Labute approximate surface area is 243 Å². The van der Waals surface area contributed by atoms with Gasteiger partial charge in [0.1, 0.15) is 22.8 Å². The lowest BCUT2D eigenvalue weighted by atomic mass is 9.58. The van der Waals surface area contributed by atoms with Gasteiger partial charge in [0.05, 0.1) is 18.2 Å². The Balaban J connectivity index is 1.87. The van der Waals surface area contributed by atoms with Crippen LogP contribution in [0.1, 0.15) is 47.7 Å². The summed E-state index contributed by atoms with van der Waals surface area (Å²) in [6.45, 7) is 2.20. The number of nitrogens with zero attached hydrogens (tertiary/aromatic N) is 2. The first-order valence-corrected chi connectivity index (χ1v) is 13.7. The molecule has 0 aliphatic heterocycles. The van der Waals surface area contributed by atoms with Crippen molar-refractivity contribution in [2.75, 3.05) is 39.7 Å². The highest BCUT2D eigenvalue weighted by Crippen LogP contribution is 2.53. The minimum atomic E-state index is -2.72. The number of esters is 1. The Morgan fingerprint density at radius 3 is 2.40 bits per heavy atom. The zero-order valence-electron chi connectivity index (χ0n) is 24.3. The number of carbonyl (C=O) groups excluding carboxylic acids is 4. The second-order valence-corrected chi connectivity index (χ2v) is 11.4. The molecule has 4 atom stereocenters. The van der Waals surface area contributed by atoms with Gasteiger partial charge in [-0.1, -0.05) is 13.3 Å². The number of aromatic hydroxyl groups is 1. The summed E-state index contributed by atoms with van der Waals surface area (Å²) in [4.78, 5) is 55.0. The van der Waals surface area contributed by atoms with Crippen LogP contribution in [0.25, 0.3) is 6.08 Å². The summed E-state index contributed by atoms with van der Waals surface area (Å²) in [5, 5.41) is 45.4. The number of likely N-dealkylation sites (N-methyl/N-ethyl adjacent to an activating group) is 1.